The number of benzene rings is 1. The van der Waals surface area contributed by atoms with Crippen molar-refractivity contribution in [1.82, 2.24) is 0 Å². The zero-order chi connectivity index (χ0) is 10.7. The van der Waals surface area contributed by atoms with E-state index in [-0.39, 0.29) is 12.1 Å². The molecule has 0 saturated carbocycles. The molecule has 0 bridgehead atoms. The van der Waals surface area contributed by atoms with Gasteiger partial charge in [-0.2, -0.15) is 0 Å². The highest BCUT2D eigenvalue weighted by atomic mass is 35.5. The smallest absolute Gasteiger partial charge is 0.0710 e. The van der Waals surface area contributed by atoms with Gasteiger partial charge in [0.25, 0.3) is 0 Å². The van der Waals surface area contributed by atoms with E-state index in [4.69, 9.17) is 11.6 Å². The third-order valence-electron chi connectivity index (χ3n) is 2.29. The molecule has 78 valence electrons. The predicted molar refractivity (Wildman–Crippen MR) is 61.0 cm³/mol. The van der Waals surface area contributed by atoms with Crippen molar-refractivity contribution in [3.05, 3.63) is 28.8 Å². The van der Waals surface area contributed by atoms with Gasteiger partial charge in [-0.05, 0) is 38.5 Å². The van der Waals surface area contributed by atoms with E-state index in [9.17, 15) is 5.11 Å². The van der Waals surface area contributed by atoms with E-state index in [1.807, 2.05) is 32.0 Å². The van der Waals surface area contributed by atoms with Crippen LogP contribution in [0.25, 0.3) is 0 Å². The summed E-state index contributed by atoms with van der Waals surface area (Å²) >= 11 is 5.97. The lowest BCUT2D eigenvalue weighted by atomic mass is 10.2. The maximum absolute atomic E-state index is 9.31. The number of hydrogen-bond donors (Lipinski definition) is 2. The monoisotopic (exact) mass is 213 g/mol. The third kappa shape index (κ3) is 2.89. The lowest BCUT2D eigenvalue weighted by Crippen LogP contribution is -2.27. The van der Waals surface area contributed by atoms with Gasteiger partial charge >= 0.3 is 0 Å². The van der Waals surface area contributed by atoms with Crippen LogP contribution in [-0.4, -0.2) is 17.3 Å². The number of halogens is 1. The molecule has 0 aromatic heterocycles. The summed E-state index contributed by atoms with van der Waals surface area (Å²) in [6.07, 6.45) is -0.380. The first-order valence-corrected chi connectivity index (χ1v) is 5.09. The van der Waals surface area contributed by atoms with Gasteiger partial charge in [0.1, 0.15) is 0 Å². The quantitative estimate of drug-likeness (QED) is 0.810. The van der Waals surface area contributed by atoms with Crippen LogP contribution in [0.15, 0.2) is 18.2 Å². The molecule has 0 spiro atoms. The molecule has 14 heavy (non-hydrogen) atoms. The van der Waals surface area contributed by atoms with E-state index >= 15 is 0 Å². The van der Waals surface area contributed by atoms with Crippen LogP contribution in [-0.2, 0) is 0 Å². The Hall–Kier alpha value is -0.730. The molecule has 3 heteroatoms. The summed E-state index contributed by atoms with van der Waals surface area (Å²) in [6.45, 7) is 5.65. The van der Waals surface area contributed by atoms with Crippen LogP contribution >= 0.6 is 11.6 Å². The average Bonchev–Trinajstić information content (AvgIpc) is 2.11. The van der Waals surface area contributed by atoms with Crippen molar-refractivity contribution in [2.24, 2.45) is 0 Å². The molecular formula is C11H16ClNO. The Bertz CT molecular complexity index is 312. The van der Waals surface area contributed by atoms with E-state index in [0.29, 0.717) is 0 Å². The van der Waals surface area contributed by atoms with Gasteiger partial charge in [-0.25, -0.2) is 0 Å². The zero-order valence-electron chi connectivity index (χ0n) is 8.71. The van der Waals surface area contributed by atoms with Crippen LogP contribution in [0.1, 0.15) is 19.4 Å². The van der Waals surface area contributed by atoms with Crippen molar-refractivity contribution < 1.29 is 5.11 Å². The van der Waals surface area contributed by atoms with Crippen LogP contribution in [0.4, 0.5) is 5.69 Å². The fourth-order valence-corrected chi connectivity index (χ4v) is 1.25. The van der Waals surface area contributed by atoms with Crippen LogP contribution < -0.4 is 5.32 Å². The van der Waals surface area contributed by atoms with Crippen LogP contribution in [0.2, 0.25) is 5.02 Å². The summed E-state index contributed by atoms with van der Waals surface area (Å²) < 4.78 is 0. The van der Waals surface area contributed by atoms with E-state index in [2.05, 4.69) is 5.32 Å². The number of nitrogens with one attached hydrogen (secondary N) is 1. The summed E-state index contributed by atoms with van der Waals surface area (Å²) in [5, 5.41) is 13.2. The first kappa shape index (κ1) is 11.3. The minimum atomic E-state index is -0.380. The van der Waals surface area contributed by atoms with Crippen molar-refractivity contribution >= 4 is 17.3 Å². The highest BCUT2D eigenvalue weighted by molar-refractivity contribution is 6.31. The lowest BCUT2D eigenvalue weighted by molar-refractivity contribution is 0.178. The van der Waals surface area contributed by atoms with Gasteiger partial charge in [-0.15, -0.1) is 0 Å². The molecule has 1 aromatic carbocycles. The van der Waals surface area contributed by atoms with Gasteiger partial charge in [0.15, 0.2) is 0 Å². The number of hydrogen-bond acceptors (Lipinski definition) is 2. The van der Waals surface area contributed by atoms with Crippen LogP contribution in [0.3, 0.4) is 0 Å². The maximum atomic E-state index is 9.31. The Labute approximate surface area is 89.9 Å². The Balaban J connectivity index is 2.73. The van der Waals surface area contributed by atoms with Crippen LogP contribution in [0.5, 0.6) is 0 Å². The Morgan fingerprint density at radius 1 is 1.36 bits per heavy atom. The van der Waals surface area contributed by atoms with E-state index < -0.39 is 0 Å². The van der Waals surface area contributed by atoms with Gasteiger partial charge in [-0.1, -0.05) is 17.7 Å². The predicted octanol–water partition coefficient (Wildman–Crippen LogP) is 2.83. The molecule has 0 aliphatic rings. The van der Waals surface area contributed by atoms with Crippen molar-refractivity contribution in [3.63, 3.8) is 0 Å². The number of aliphatic hydroxyl groups excluding tert-OH is 1. The van der Waals surface area contributed by atoms with Gasteiger partial charge in [0.05, 0.1) is 6.10 Å². The molecule has 1 rings (SSSR count). The highest BCUT2D eigenvalue weighted by Crippen LogP contribution is 2.20. The summed E-state index contributed by atoms with van der Waals surface area (Å²) in [6, 6.07) is 5.81. The Morgan fingerprint density at radius 2 is 2.00 bits per heavy atom. The summed E-state index contributed by atoms with van der Waals surface area (Å²) in [4.78, 5) is 0. The molecule has 2 unspecified atom stereocenters. The first-order valence-electron chi connectivity index (χ1n) is 4.71. The molecule has 0 radical (unpaired) electrons. The Kier molecular flexibility index (Phi) is 3.78. The van der Waals surface area contributed by atoms with Gasteiger partial charge in [-0.3, -0.25) is 0 Å². The minimum Gasteiger partial charge on any atom is -0.391 e. The second kappa shape index (κ2) is 4.67. The number of anilines is 1. The molecule has 2 nitrogen and oxygen atoms in total. The molecule has 2 N–H and O–H groups in total. The molecule has 0 saturated heterocycles. The molecule has 0 aliphatic carbocycles. The fourth-order valence-electron chi connectivity index (χ4n) is 1.07. The second-order valence-electron chi connectivity index (χ2n) is 3.64. The largest absolute Gasteiger partial charge is 0.391 e. The summed E-state index contributed by atoms with van der Waals surface area (Å²) in [7, 11) is 0. The Morgan fingerprint density at radius 3 is 2.50 bits per heavy atom. The van der Waals surface area contributed by atoms with E-state index in [1.165, 1.54) is 0 Å². The van der Waals surface area contributed by atoms with Crippen molar-refractivity contribution in [2.45, 2.75) is 32.9 Å². The molecule has 0 fully saturated rings. The maximum Gasteiger partial charge on any atom is 0.0710 e. The zero-order valence-corrected chi connectivity index (χ0v) is 9.47. The van der Waals surface area contributed by atoms with Gasteiger partial charge < -0.3 is 10.4 Å². The number of aliphatic hydroxyl groups is 1. The topological polar surface area (TPSA) is 32.3 Å². The first-order chi connectivity index (χ1) is 6.50. The molecule has 2 atom stereocenters. The average molecular weight is 214 g/mol. The number of rotatable bonds is 3. The highest BCUT2D eigenvalue weighted by Gasteiger charge is 2.08. The van der Waals surface area contributed by atoms with Crippen LogP contribution in [0, 0.1) is 6.92 Å². The molecule has 1 aromatic rings. The molecule has 0 heterocycles. The summed E-state index contributed by atoms with van der Waals surface area (Å²) in [5.41, 5.74) is 2.00. The number of aryl methyl sites for hydroxylation is 1. The van der Waals surface area contributed by atoms with Gasteiger partial charge in [0.2, 0.25) is 0 Å². The molecule has 0 aliphatic heterocycles. The summed E-state index contributed by atoms with van der Waals surface area (Å²) in [5.74, 6) is 0. The molecule has 0 amide bonds. The normalized spacial score (nSPS) is 14.9. The second-order valence-corrected chi connectivity index (χ2v) is 4.04. The lowest BCUT2D eigenvalue weighted by Gasteiger charge is -2.18. The van der Waals surface area contributed by atoms with Crippen molar-refractivity contribution in [3.8, 4) is 0 Å². The van der Waals surface area contributed by atoms with E-state index in [1.54, 1.807) is 6.92 Å². The van der Waals surface area contributed by atoms with Crippen molar-refractivity contribution in [1.29, 1.82) is 0 Å². The van der Waals surface area contributed by atoms with E-state index in [0.717, 1.165) is 16.3 Å². The van der Waals surface area contributed by atoms with Crippen molar-refractivity contribution in [2.75, 3.05) is 5.32 Å². The minimum absolute atomic E-state index is 0.0220. The SMILES string of the molecule is Cc1ccc(NC(C)C(C)O)cc1Cl. The fraction of sp³-hybridized carbons (Fsp3) is 0.455. The standard InChI is InChI=1S/C11H16ClNO/c1-7-4-5-10(6-11(7)12)13-8(2)9(3)14/h4-6,8-9,13-14H,1-3H3. The third-order valence-corrected chi connectivity index (χ3v) is 2.70. The molecular weight excluding hydrogens is 198 g/mol. The van der Waals surface area contributed by atoms with Gasteiger partial charge in [0, 0.05) is 16.8 Å².